The molecule has 0 aliphatic heterocycles. The summed E-state index contributed by atoms with van der Waals surface area (Å²) in [5.74, 6) is -0.669. The Hall–Kier alpha value is -3.29. The smallest absolute Gasteiger partial charge is 0.289 e. The monoisotopic (exact) mass is 343 g/mol. The number of non-ortho nitro benzene ring substituents is 1. The largest absolute Gasteiger partial charge is 0.321 e. The summed E-state index contributed by atoms with van der Waals surface area (Å²) in [5.41, 5.74) is 1.20. The Labute approximate surface area is 143 Å². The van der Waals surface area contributed by atoms with Gasteiger partial charge in [-0.05, 0) is 30.0 Å². The number of anilines is 1. The molecule has 0 aliphatic rings. The van der Waals surface area contributed by atoms with Gasteiger partial charge in [0.25, 0.3) is 17.3 Å². The van der Waals surface area contributed by atoms with Crippen LogP contribution in [0.3, 0.4) is 0 Å². The van der Waals surface area contributed by atoms with Gasteiger partial charge in [0.15, 0.2) is 0 Å². The number of nitro benzene ring substituents is 2. The highest BCUT2D eigenvalue weighted by atomic mass is 16.6. The molecule has 1 N–H and O–H groups in total. The maximum absolute atomic E-state index is 12.6. The van der Waals surface area contributed by atoms with Crippen LogP contribution in [0.1, 0.15) is 35.3 Å². The summed E-state index contributed by atoms with van der Waals surface area (Å²) in [4.78, 5) is 33.0. The fraction of sp³-hybridized carbons (Fsp3) is 0.235. The van der Waals surface area contributed by atoms with Crippen molar-refractivity contribution in [2.24, 2.45) is 0 Å². The Balaban J connectivity index is 2.46. The molecule has 2 rings (SSSR count). The highest BCUT2D eigenvalue weighted by Gasteiger charge is 2.25. The fourth-order valence-corrected chi connectivity index (χ4v) is 2.56. The molecule has 0 unspecified atom stereocenters. The van der Waals surface area contributed by atoms with E-state index in [2.05, 4.69) is 5.32 Å². The van der Waals surface area contributed by atoms with Gasteiger partial charge in [0, 0.05) is 11.8 Å². The number of carbonyl (C=O) groups is 1. The number of nitrogens with one attached hydrogen (secondary N) is 1. The maximum atomic E-state index is 12.6. The molecule has 0 fully saturated rings. The Bertz CT molecular complexity index is 826. The summed E-state index contributed by atoms with van der Waals surface area (Å²) in [6.45, 7) is 3.89. The van der Waals surface area contributed by atoms with Crippen molar-refractivity contribution in [3.63, 3.8) is 0 Å². The van der Waals surface area contributed by atoms with E-state index in [-0.39, 0.29) is 5.56 Å². The average Bonchev–Trinajstić information content (AvgIpc) is 2.61. The van der Waals surface area contributed by atoms with Gasteiger partial charge in [0.2, 0.25) is 0 Å². The van der Waals surface area contributed by atoms with Crippen LogP contribution in [0.5, 0.6) is 0 Å². The van der Waals surface area contributed by atoms with Crippen molar-refractivity contribution in [2.45, 2.75) is 26.7 Å². The summed E-state index contributed by atoms with van der Waals surface area (Å²) in [6.07, 6.45) is 1.37. The highest BCUT2D eigenvalue weighted by Crippen LogP contribution is 2.28. The van der Waals surface area contributed by atoms with Gasteiger partial charge in [0.1, 0.15) is 5.56 Å². The molecule has 8 nitrogen and oxygen atoms in total. The number of carbonyl (C=O) groups excluding carboxylic acids is 1. The lowest BCUT2D eigenvalue weighted by Gasteiger charge is -2.14. The van der Waals surface area contributed by atoms with Gasteiger partial charge in [-0.3, -0.25) is 25.0 Å². The van der Waals surface area contributed by atoms with E-state index in [0.717, 1.165) is 29.3 Å². The Morgan fingerprint density at radius 2 is 1.60 bits per heavy atom. The topological polar surface area (TPSA) is 115 Å². The van der Waals surface area contributed by atoms with Crippen molar-refractivity contribution >= 4 is 23.0 Å². The van der Waals surface area contributed by atoms with Crippen molar-refractivity contribution in [3.8, 4) is 0 Å². The van der Waals surface area contributed by atoms with E-state index in [1.807, 2.05) is 32.0 Å². The van der Waals surface area contributed by atoms with E-state index in [0.29, 0.717) is 18.5 Å². The first kappa shape index (κ1) is 18.1. The first-order valence-corrected chi connectivity index (χ1v) is 7.74. The number of amides is 1. The summed E-state index contributed by atoms with van der Waals surface area (Å²) in [6, 6.07) is 8.61. The lowest BCUT2D eigenvalue weighted by atomic mass is 10.0. The van der Waals surface area contributed by atoms with E-state index >= 15 is 0 Å². The summed E-state index contributed by atoms with van der Waals surface area (Å²) >= 11 is 0. The number of nitro groups is 2. The van der Waals surface area contributed by atoms with Gasteiger partial charge in [-0.25, -0.2) is 0 Å². The quantitative estimate of drug-likeness (QED) is 0.631. The van der Waals surface area contributed by atoms with Gasteiger partial charge < -0.3 is 5.32 Å². The average molecular weight is 343 g/mol. The van der Waals surface area contributed by atoms with Gasteiger partial charge >= 0.3 is 0 Å². The third-order valence-electron chi connectivity index (χ3n) is 3.87. The number of para-hydroxylation sites is 1. The van der Waals surface area contributed by atoms with Crippen LogP contribution in [0.25, 0.3) is 0 Å². The van der Waals surface area contributed by atoms with E-state index in [1.165, 1.54) is 0 Å². The van der Waals surface area contributed by atoms with Gasteiger partial charge in [-0.15, -0.1) is 0 Å². The lowest BCUT2D eigenvalue weighted by Crippen LogP contribution is -2.16. The maximum Gasteiger partial charge on any atom is 0.289 e. The molecule has 0 atom stereocenters. The molecule has 0 aliphatic carbocycles. The van der Waals surface area contributed by atoms with Crippen molar-refractivity contribution in [1.29, 1.82) is 0 Å². The van der Waals surface area contributed by atoms with Gasteiger partial charge in [-0.2, -0.15) is 0 Å². The van der Waals surface area contributed by atoms with E-state index < -0.39 is 27.1 Å². The molecule has 8 heteroatoms. The van der Waals surface area contributed by atoms with E-state index in [4.69, 9.17) is 0 Å². The number of benzene rings is 2. The Morgan fingerprint density at radius 3 is 2.08 bits per heavy atom. The number of hydrogen-bond acceptors (Lipinski definition) is 5. The SMILES string of the molecule is CCc1cccc(CC)c1NC(=O)c1ccc([N+](=O)[O-])cc1[N+](=O)[O-]. The molecule has 2 aromatic carbocycles. The Kier molecular flexibility index (Phi) is 5.43. The molecular weight excluding hydrogens is 326 g/mol. The van der Waals surface area contributed by atoms with E-state index in [1.54, 1.807) is 0 Å². The molecule has 0 saturated carbocycles. The fourth-order valence-electron chi connectivity index (χ4n) is 2.56. The first-order valence-electron chi connectivity index (χ1n) is 7.74. The molecule has 25 heavy (non-hydrogen) atoms. The molecule has 0 aromatic heterocycles. The molecule has 1 amide bonds. The predicted molar refractivity (Wildman–Crippen MR) is 92.9 cm³/mol. The second-order valence-electron chi connectivity index (χ2n) is 5.33. The summed E-state index contributed by atoms with van der Waals surface area (Å²) in [7, 11) is 0. The van der Waals surface area contributed by atoms with E-state index in [9.17, 15) is 25.0 Å². The van der Waals surface area contributed by atoms with Crippen LogP contribution in [0.2, 0.25) is 0 Å². The van der Waals surface area contributed by atoms with Crippen molar-refractivity contribution in [1.82, 2.24) is 0 Å². The number of nitrogens with zero attached hydrogens (tertiary/aromatic N) is 2. The predicted octanol–water partition coefficient (Wildman–Crippen LogP) is 3.88. The number of aryl methyl sites for hydroxylation is 2. The van der Waals surface area contributed by atoms with Gasteiger partial charge in [0.05, 0.1) is 15.9 Å². The third kappa shape index (κ3) is 3.79. The summed E-state index contributed by atoms with van der Waals surface area (Å²) < 4.78 is 0. The molecule has 0 radical (unpaired) electrons. The standard InChI is InChI=1S/C17H17N3O5/c1-3-11-6-5-7-12(4-2)16(11)18-17(21)14-9-8-13(19(22)23)10-15(14)20(24)25/h5-10H,3-4H2,1-2H3,(H,18,21). The van der Waals surface area contributed by atoms with Crippen molar-refractivity contribution in [2.75, 3.05) is 5.32 Å². The molecule has 0 heterocycles. The zero-order chi connectivity index (χ0) is 18.6. The van der Waals surface area contributed by atoms with Crippen LogP contribution in [0.4, 0.5) is 17.1 Å². The number of hydrogen-bond donors (Lipinski definition) is 1. The van der Waals surface area contributed by atoms with Crippen molar-refractivity contribution < 1.29 is 14.6 Å². The minimum Gasteiger partial charge on any atom is -0.321 e. The van der Waals surface area contributed by atoms with Crippen LogP contribution in [-0.4, -0.2) is 15.8 Å². The summed E-state index contributed by atoms with van der Waals surface area (Å²) in [5, 5.41) is 24.7. The van der Waals surface area contributed by atoms with Crippen LogP contribution in [0.15, 0.2) is 36.4 Å². The minimum atomic E-state index is -0.797. The van der Waals surface area contributed by atoms with Crippen LogP contribution in [0, 0.1) is 20.2 Å². The Morgan fingerprint density at radius 1 is 1.00 bits per heavy atom. The molecule has 0 spiro atoms. The second kappa shape index (κ2) is 7.52. The van der Waals surface area contributed by atoms with Crippen molar-refractivity contribution in [3.05, 3.63) is 73.3 Å². The molecular formula is C17H17N3O5. The van der Waals surface area contributed by atoms with Crippen LogP contribution < -0.4 is 5.32 Å². The molecule has 2 aromatic rings. The molecule has 0 saturated heterocycles. The minimum absolute atomic E-state index is 0.219. The zero-order valence-corrected chi connectivity index (χ0v) is 13.8. The third-order valence-corrected chi connectivity index (χ3v) is 3.87. The molecule has 130 valence electrons. The zero-order valence-electron chi connectivity index (χ0n) is 13.8. The van der Waals surface area contributed by atoms with Crippen LogP contribution >= 0.6 is 0 Å². The molecule has 0 bridgehead atoms. The van der Waals surface area contributed by atoms with Gasteiger partial charge in [-0.1, -0.05) is 32.0 Å². The normalized spacial score (nSPS) is 10.3. The first-order chi connectivity index (χ1) is 11.9. The number of rotatable bonds is 6. The lowest BCUT2D eigenvalue weighted by molar-refractivity contribution is -0.394. The second-order valence-corrected chi connectivity index (χ2v) is 5.33. The van der Waals surface area contributed by atoms with Crippen LogP contribution in [-0.2, 0) is 12.8 Å². The highest BCUT2D eigenvalue weighted by molar-refractivity contribution is 6.08.